The Kier molecular flexibility index (Phi) is 5.62. The van der Waals surface area contributed by atoms with Crippen molar-refractivity contribution in [1.82, 2.24) is 4.72 Å². The minimum absolute atomic E-state index is 0.0649. The zero-order valence-corrected chi connectivity index (χ0v) is 15.6. The average Bonchev–Trinajstić information content (AvgIpc) is 3.09. The highest BCUT2D eigenvalue weighted by molar-refractivity contribution is 7.88. The summed E-state index contributed by atoms with van der Waals surface area (Å²) in [4.78, 5) is 1.22. The first kappa shape index (κ1) is 17.9. The summed E-state index contributed by atoms with van der Waals surface area (Å²) < 4.78 is 33.2. The van der Waals surface area contributed by atoms with Crippen LogP contribution in [-0.4, -0.2) is 28.2 Å². The van der Waals surface area contributed by atoms with Crippen LogP contribution in [0.15, 0.2) is 41.8 Å². The minimum Gasteiger partial charge on any atom is -0.381 e. The molecule has 0 amide bonds. The Balaban J connectivity index is 1.72. The lowest BCUT2D eigenvalue weighted by molar-refractivity contribution is 0.0529. The van der Waals surface area contributed by atoms with Crippen molar-refractivity contribution < 1.29 is 13.2 Å². The van der Waals surface area contributed by atoms with Gasteiger partial charge in [-0.15, -0.1) is 11.3 Å². The number of rotatable bonds is 6. The SMILES string of the molecule is O=S(=O)(Cc1cccc(Cl)c1)NCC1(c2cccs2)CCOCC1. The smallest absolute Gasteiger partial charge is 0.215 e. The van der Waals surface area contributed by atoms with Crippen molar-refractivity contribution in [3.05, 3.63) is 57.2 Å². The lowest BCUT2D eigenvalue weighted by atomic mass is 9.79. The first-order valence-corrected chi connectivity index (χ1v) is 10.7. The van der Waals surface area contributed by atoms with Crippen LogP contribution >= 0.6 is 22.9 Å². The lowest BCUT2D eigenvalue weighted by Gasteiger charge is -2.36. The second-order valence-electron chi connectivity index (χ2n) is 6.08. The van der Waals surface area contributed by atoms with Gasteiger partial charge in [-0.25, -0.2) is 13.1 Å². The quantitative estimate of drug-likeness (QED) is 0.827. The van der Waals surface area contributed by atoms with Gasteiger partial charge in [-0.05, 0) is 42.0 Å². The molecular formula is C17H20ClNO3S2. The van der Waals surface area contributed by atoms with Gasteiger partial charge >= 0.3 is 0 Å². The maximum atomic E-state index is 12.5. The number of hydrogen-bond acceptors (Lipinski definition) is 4. The topological polar surface area (TPSA) is 55.4 Å². The maximum absolute atomic E-state index is 12.5. The number of sulfonamides is 1. The molecule has 0 spiro atoms. The van der Waals surface area contributed by atoms with Crippen LogP contribution < -0.4 is 4.72 Å². The number of halogens is 1. The van der Waals surface area contributed by atoms with E-state index in [1.54, 1.807) is 35.6 Å². The van der Waals surface area contributed by atoms with Gasteiger partial charge in [0, 0.05) is 35.1 Å². The van der Waals surface area contributed by atoms with Gasteiger partial charge in [-0.2, -0.15) is 0 Å². The molecule has 0 aliphatic carbocycles. The molecule has 2 heterocycles. The van der Waals surface area contributed by atoms with Gasteiger partial charge < -0.3 is 4.74 Å². The number of thiophene rings is 1. The third kappa shape index (κ3) is 4.37. The number of benzene rings is 1. The molecule has 1 N–H and O–H groups in total. The van der Waals surface area contributed by atoms with Gasteiger partial charge in [0.1, 0.15) is 0 Å². The van der Waals surface area contributed by atoms with Crippen LogP contribution in [0.5, 0.6) is 0 Å². The Morgan fingerprint density at radius 1 is 1.21 bits per heavy atom. The summed E-state index contributed by atoms with van der Waals surface area (Å²) in [6.45, 7) is 1.72. The van der Waals surface area contributed by atoms with Crippen LogP contribution in [0.25, 0.3) is 0 Å². The third-order valence-corrected chi connectivity index (χ3v) is 7.02. The van der Waals surface area contributed by atoms with Crippen molar-refractivity contribution in [2.75, 3.05) is 19.8 Å². The number of nitrogens with one attached hydrogen (secondary N) is 1. The Hall–Kier alpha value is -0.920. The van der Waals surface area contributed by atoms with E-state index in [0.29, 0.717) is 30.3 Å². The lowest BCUT2D eigenvalue weighted by Crippen LogP contribution is -2.44. The van der Waals surface area contributed by atoms with Crippen molar-refractivity contribution in [2.24, 2.45) is 0 Å². The predicted molar refractivity (Wildman–Crippen MR) is 98.1 cm³/mol. The van der Waals surface area contributed by atoms with Crippen molar-refractivity contribution in [1.29, 1.82) is 0 Å². The second-order valence-corrected chi connectivity index (χ2v) is 9.27. The van der Waals surface area contributed by atoms with Gasteiger partial charge in [0.15, 0.2) is 0 Å². The molecule has 4 nitrogen and oxygen atoms in total. The van der Waals surface area contributed by atoms with Crippen LogP contribution in [-0.2, 0) is 25.9 Å². The molecule has 24 heavy (non-hydrogen) atoms. The summed E-state index contributed by atoms with van der Waals surface area (Å²) in [5, 5.41) is 2.58. The maximum Gasteiger partial charge on any atom is 0.215 e. The summed E-state index contributed by atoms with van der Waals surface area (Å²) in [5.41, 5.74) is 0.514. The normalized spacial score (nSPS) is 17.7. The van der Waals surface area contributed by atoms with Crippen molar-refractivity contribution in [2.45, 2.75) is 24.0 Å². The highest BCUT2D eigenvalue weighted by Crippen LogP contribution is 2.37. The zero-order valence-electron chi connectivity index (χ0n) is 13.2. The van der Waals surface area contributed by atoms with Crippen LogP contribution in [0.4, 0.5) is 0 Å². The van der Waals surface area contributed by atoms with Crippen LogP contribution in [0.3, 0.4) is 0 Å². The highest BCUT2D eigenvalue weighted by atomic mass is 35.5. The second kappa shape index (κ2) is 7.54. The summed E-state index contributed by atoms with van der Waals surface area (Å²) in [6, 6.07) is 11.1. The highest BCUT2D eigenvalue weighted by Gasteiger charge is 2.36. The van der Waals surface area contributed by atoms with E-state index in [0.717, 1.165) is 12.8 Å². The Labute approximate surface area is 151 Å². The van der Waals surface area contributed by atoms with Crippen LogP contribution in [0, 0.1) is 0 Å². The van der Waals surface area contributed by atoms with Crippen molar-refractivity contribution >= 4 is 33.0 Å². The molecule has 1 fully saturated rings. The minimum atomic E-state index is -3.42. The predicted octanol–water partition coefficient (Wildman–Crippen LogP) is 3.57. The molecule has 0 atom stereocenters. The van der Waals surface area contributed by atoms with E-state index in [2.05, 4.69) is 10.8 Å². The fourth-order valence-electron chi connectivity index (χ4n) is 3.00. The Morgan fingerprint density at radius 2 is 2.00 bits per heavy atom. The van der Waals surface area contributed by atoms with Gasteiger partial charge in [-0.3, -0.25) is 0 Å². The molecule has 0 unspecified atom stereocenters. The molecule has 7 heteroatoms. The molecular weight excluding hydrogens is 366 g/mol. The van der Waals surface area contributed by atoms with Crippen molar-refractivity contribution in [3.63, 3.8) is 0 Å². The molecule has 2 aromatic rings. The summed E-state index contributed by atoms with van der Waals surface area (Å²) in [7, 11) is -3.42. The van der Waals surface area contributed by atoms with E-state index in [1.165, 1.54) is 4.88 Å². The first-order chi connectivity index (χ1) is 11.5. The third-order valence-electron chi connectivity index (χ3n) is 4.37. The van der Waals surface area contributed by atoms with Crippen molar-refractivity contribution in [3.8, 4) is 0 Å². The fraction of sp³-hybridized carbons (Fsp3) is 0.412. The van der Waals surface area contributed by atoms with Gasteiger partial charge in [0.2, 0.25) is 10.0 Å². The molecule has 130 valence electrons. The number of hydrogen-bond donors (Lipinski definition) is 1. The van der Waals surface area contributed by atoms with Gasteiger partial charge in [-0.1, -0.05) is 29.8 Å². The van der Waals surface area contributed by atoms with Crippen LogP contribution in [0.1, 0.15) is 23.3 Å². The summed E-state index contributed by atoms with van der Waals surface area (Å²) in [5.74, 6) is -0.0649. The van der Waals surface area contributed by atoms with Gasteiger partial charge in [0.05, 0.1) is 5.75 Å². The van der Waals surface area contributed by atoms with E-state index in [4.69, 9.17) is 16.3 Å². The standard InChI is InChI=1S/C17H20ClNO3S2/c18-15-4-1-3-14(11-15)12-24(20,21)19-13-17(6-8-22-9-7-17)16-5-2-10-23-16/h1-5,10-11,19H,6-9,12-13H2. The van der Waals surface area contributed by atoms with Gasteiger partial charge in [0.25, 0.3) is 0 Å². The molecule has 1 aliphatic rings. The zero-order chi connectivity index (χ0) is 17.0. The molecule has 0 bridgehead atoms. The molecule has 3 rings (SSSR count). The Bertz CT molecular complexity index is 769. The summed E-state index contributed by atoms with van der Waals surface area (Å²) in [6.07, 6.45) is 1.65. The number of ether oxygens (including phenoxy) is 1. The molecule has 1 saturated heterocycles. The summed E-state index contributed by atoms with van der Waals surface area (Å²) >= 11 is 7.61. The van der Waals surface area contributed by atoms with E-state index in [1.807, 2.05) is 11.4 Å². The molecule has 1 aromatic heterocycles. The van der Waals surface area contributed by atoms with E-state index < -0.39 is 10.0 Å². The molecule has 1 aromatic carbocycles. The molecule has 0 saturated carbocycles. The molecule has 1 aliphatic heterocycles. The van der Waals surface area contributed by atoms with E-state index in [-0.39, 0.29) is 11.2 Å². The monoisotopic (exact) mass is 385 g/mol. The van der Waals surface area contributed by atoms with Crippen LogP contribution in [0.2, 0.25) is 5.02 Å². The Morgan fingerprint density at radius 3 is 2.67 bits per heavy atom. The fourth-order valence-corrected chi connectivity index (χ4v) is 5.41. The van der Waals surface area contributed by atoms with E-state index in [9.17, 15) is 8.42 Å². The molecule has 0 radical (unpaired) electrons. The largest absolute Gasteiger partial charge is 0.381 e. The first-order valence-electron chi connectivity index (χ1n) is 7.83. The van der Waals surface area contributed by atoms with E-state index >= 15 is 0 Å². The average molecular weight is 386 g/mol.